The first-order valence-electron chi connectivity index (χ1n) is 7.99. The van der Waals surface area contributed by atoms with Crippen LogP contribution in [0.4, 0.5) is 23.7 Å². The van der Waals surface area contributed by atoms with E-state index in [1.54, 1.807) is 24.3 Å². The SMILES string of the molecule is COc1nccc2cc(NC(=O)N3C[C@@H](C(F)(F)F)[C@H](C(=O)O)C3)ccc12. The molecule has 3 rings (SSSR count). The number of methoxy groups -OCH3 is 1. The second-order valence-corrected chi connectivity index (χ2v) is 6.18. The summed E-state index contributed by atoms with van der Waals surface area (Å²) in [5.74, 6) is -4.93. The van der Waals surface area contributed by atoms with Gasteiger partial charge >= 0.3 is 18.2 Å². The van der Waals surface area contributed by atoms with Gasteiger partial charge in [0.05, 0.1) is 18.9 Å². The zero-order chi connectivity index (χ0) is 19.8. The van der Waals surface area contributed by atoms with Crippen molar-refractivity contribution >= 4 is 28.5 Å². The van der Waals surface area contributed by atoms with E-state index in [0.29, 0.717) is 17.0 Å². The molecular formula is C17H16F3N3O4. The van der Waals surface area contributed by atoms with Crippen LogP contribution < -0.4 is 10.1 Å². The summed E-state index contributed by atoms with van der Waals surface area (Å²) in [6.45, 7) is -1.20. The van der Waals surface area contributed by atoms with Gasteiger partial charge < -0.3 is 20.1 Å². The molecule has 2 atom stereocenters. The molecular weight excluding hydrogens is 367 g/mol. The number of aromatic nitrogens is 1. The number of urea groups is 1. The Morgan fingerprint density at radius 1 is 1.30 bits per heavy atom. The number of carbonyl (C=O) groups excluding carboxylic acids is 1. The van der Waals surface area contributed by atoms with Crippen LogP contribution in [0.15, 0.2) is 30.5 Å². The van der Waals surface area contributed by atoms with Crippen molar-refractivity contribution in [2.45, 2.75) is 6.18 Å². The number of alkyl halides is 3. The molecule has 7 nitrogen and oxygen atoms in total. The molecule has 0 bridgehead atoms. The lowest BCUT2D eigenvalue weighted by atomic mass is 9.96. The Kier molecular flexibility index (Phi) is 4.81. The van der Waals surface area contributed by atoms with Crippen molar-refractivity contribution in [1.82, 2.24) is 9.88 Å². The van der Waals surface area contributed by atoms with Gasteiger partial charge in [0, 0.05) is 30.4 Å². The molecule has 1 saturated heterocycles. The molecule has 2 aromatic rings. The van der Waals surface area contributed by atoms with Crippen LogP contribution in [0.5, 0.6) is 5.88 Å². The predicted octanol–water partition coefficient (Wildman–Crippen LogP) is 2.97. The van der Waals surface area contributed by atoms with Crippen molar-refractivity contribution in [3.63, 3.8) is 0 Å². The number of pyridine rings is 1. The number of ether oxygens (including phenoxy) is 1. The maximum Gasteiger partial charge on any atom is 0.394 e. The molecule has 2 heterocycles. The average Bonchev–Trinajstić information content (AvgIpc) is 3.07. The molecule has 27 heavy (non-hydrogen) atoms. The largest absolute Gasteiger partial charge is 0.481 e. The zero-order valence-electron chi connectivity index (χ0n) is 14.2. The van der Waals surface area contributed by atoms with Crippen LogP contribution in [0.1, 0.15) is 0 Å². The number of carboxylic acids is 1. The van der Waals surface area contributed by atoms with Gasteiger partial charge in [0.2, 0.25) is 5.88 Å². The summed E-state index contributed by atoms with van der Waals surface area (Å²) >= 11 is 0. The number of hydrogen-bond donors (Lipinski definition) is 2. The van der Waals surface area contributed by atoms with Crippen molar-refractivity contribution in [3.05, 3.63) is 30.5 Å². The number of anilines is 1. The van der Waals surface area contributed by atoms with E-state index in [4.69, 9.17) is 9.84 Å². The topological polar surface area (TPSA) is 91.8 Å². The van der Waals surface area contributed by atoms with Crippen LogP contribution in [0.3, 0.4) is 0 Å². The van der Waals surface area contributed by atoms with E-state index < -0.39 is 43.1 Å². The summed E-state index contributed by atoms with van der Waals surface area (Å²) in [6.07, 6.45) is -3.16. The van der Waals surface area contributed by atoms with Gasteiger partial charge in [-0.1, -0.05) is 0 Å². The number of halogens is 3. The Balaban J connectivity index is 1.77. The van der Waals surface area contributed by atoms with Crippen LogP contribution >= 0.6 is 0 Å². The number of aliphatic carboxylic acids is 1. The van der Waals surface area contributed by atoms with Crippen molar-refractivity contribution in [3.8, 4) is 5.88 Å². The molecule has 1 aliphatic heterocycles. The molecule has 1 aromatic carbocycles. The lowest BCUT2D eigenvalue weighted by Crippen LogP contribution is -2.35. The number of fused-ring (bicyclic) bond motifs is 1. The first-order valence-corrected chi connectivity index (χ1v) is 7.99. The summed E-state index contributed by atoms with van der Waals surface area (Å²) in [4.78, 5) is 28.4. The summed E-state index contributed by atoms with van der Waals surface area (Å²) in [5, 5.41) is 13.0. The summed E-state index contributed by atoms with van der Waals surface area (Å²) in [5.41, 5.74) is 0.364. The molecule has 2 N–H and O–H groups in total. The van der Waals surface area contributed by atoms with Crippen LogP contribution in [0.25, 0.3) is 10.8 Å². The number of carboxylic acid groups (broad SMARTS) is 1. The number of likely N-dealkylation sites (tertiary alicyclic amines) is 1. The maximum absolute atomic E-state index is 13.0. The van der Waals surface area contributed by atoms with Crippen molar-refractivity contribution < 1.29 is 32.6 Å². The normalized spacial score (nSPS) is 19.9. The smallest absolute Gasteiger partial charge is 0.394 e. The van der Waals surface area contributed by atoms with Gasteiger partial charge in [0.25, 0.3) is 0 Å². The lowest BCUT2D eigenvalue weighted by Gasteiger charge is -2.19. The van der Waals surface area contributed by atoms with Crippen molar-refractivity contribution in [1.29, 1.82) is 0 Å². The molecule has 144 valence electrons. The fourth-order valence-electron chi connectivity index (χ4n) is 3.14. The monoisotopic (exact) mass is 383 g/mol. The van der Waals surface area contributed by atoms with Crippen molar-refractivity contribution in [2.24, 2.45) is 11.8 Å². The highest BCUT2D eigenvalue weighted by Gasteiger charge is 2.53. The fourth-order valence-corrected chi connectivity index (χ4v) is 3.14. The Bertz CT molecular complexity index is 887. The Morgan fingerprint density at radius 3 is 2.63 bits per heavy atom. The van der Waals surface area contributed by atoms with Crippen LogP contribution in [-0.2, 0) is 4.79 Å². The molecule has 0 radical (unpaired) electrons. The summed E-state index contributed by atoms with van der Waals surface area (Å²) < 4.78 is 44.3. The third kappa shape index (κ3) is 3.74. The minimum Gasteiger partial charge on any atom is -0.481 e. The van der Waals surface area contributed by atoms with Crippen molar-refractivity contribution in [2.75, 3.05) is 25.5 Å². The Morgan fingerprint density at radius 2 is 2.04 bits per heavy atom. The van der Waals surface area contributed by atoms with Crippen LogP contribution in [-0.4, -0.2) is 53.4 Å². The van der Waals surface area contributed by atoms with Gasteiger partial charge in [0.1, 0.15) is 0 Å². The number of hydrogen-bond acceptors (Lipinski definition) is 4. The summed E-state index contributed by atoms with van der Waals surface area (Å²) in [7, 11) is 1.47. The van der Waals surface area contributed by atoms with E-state index in [1.807, 2.05) is 0 Å². The average molecular weight is 383 g/mol. The molecule has 10 heteroatoms. The van der Waals surface area contributed by atoms with E-state index in [1.165, 1.54) is 13.3 Å². The molecule has 1 fully saturated rings. The minimum atomic E-state index is -4.69. The highest BCUT2D eigenvalue weighted by atomic mass is 19.4. The number of nitrogens with zero attached hydrogens (tertiary/aromatic N) is 2. The molecule has 0 aliphatic carbocycles. The third-order valence-corrected chi connectivity index (χ3v) is 4.52. The molecule has 2 amide bonds. The first-order chi connectivity index (χ1) is 12.7. The highest BCUT2D eigenvalue weighted by molar-refractivity contribution is 5.95. The van der Waals surface area contributed by atoms with Gasteiger partial charge in [-0.25, -0.2) is 9.78 Å². The minimum absolute atomic E-state index is 0.364. The van der Waals surface area contributed by atoms with Gasteiger partial charge in [-0.15, -0.1) is 0 Å². The zero-order valence-corrected chi connectivity index (χ0v) is 14.2. The standard InChI is InChI=1S/C17H16F3N3O4/c1-27-14-11-3-2-10(6-9(11)4-5-21-14)22-16(26)23-7-12(15(24)25)13(8-23)17(18,19)20/h2-6,12-13H,7-8H2,1H3,(H,22,26)(H,24,25)/t12-,13-/m1/s1. The van der Waals surface area contributed by atoms with E-state index in [9.17, 15) is 22.8 Å². The number of benzene rings is 1. The first kappa shape index (κ1) is 18.7. The second-order valence-electron chi connectivity index (χ2n) is 6.18. The van der Waals surface area contributed by atoms with E-state index in [-0.39, 0.29) is 0 Å². The quantitative estimate of drug-likeness (QED) is 0.850. The summed E-state index contributed by atoms with van der Waals surface area (Å²) in [6, 6.07) is 5.77. The number of nitrogens with one attached hydrogen (secondary N) is 1. The molecule has 1 aliphatic rings. The predicted molar refractivity (Wildman–Crippen MR) is 89.6 cm³/mol. The molecule has 1 aromatic heterocycles. The Labute approximate surface area is 151 Å². The Hall–Kier alpha value is -3.04. The molecule has 0 unspecified atom stereocenters. The fraction of sp³-hybridized carbons (Fsp3) is 0.353. The van der Waals surface area contributed by atoms with Crippen LogP contribution in [0, 0.1) is 11.8 Å². The van der Waals surface area contributed by atoms with Gasteiger partial charge in [-0.2, -0.15) is 13.2 Å². The van der Waals surface area contributed by atoms with E-state index in [2.05, 4.69) is 10.3 Å². The van der Waals surface area contributed by atoms with E-state index >= 15 is 0 Å². The van der Waals surface area contributed by atoms with Gasteiger partial charge in [-0.3, -0.25) is 4.79 Å². The third-order valence-electron chi connectivity index (χ3n) is 4.52. The number of amides is 2. The maximum atomic E-state index is 13.0. The molecule has 0 saturated carbocycles. The second kappa shape index (κ2) is 6.93. The van der Waals surface area contributed by atoms with E-state index in [0.717, 1.165) is 10.3 Å². The molecule has 0 spiro atoms. The lowest BCUT2D eigenvalue weighted by molar-refractivity contribution is -0.187. The van der Waals surface area contributed by atoms with Gasteiger partial charge in [0.15, 0.2) is 0 Å². The highest BCUT2D eigenvalue weighted by Crippen LogP contribution is 2.38. The number of rotatable bonds is 3. The number of carbonyl (C=O) groups is 2. The van der Waals surface area contributed by atoms with Gasteiger partial charge in [-0.05, 0) is 29.7 Å². The van der Waals surface area contributed by atoms with Crippen LogP contribution in [0.2, 0.25) is 0 Å².